The van der Waals surface area contributed by atoms with Gasteiger partial charge in [0, 0.05) is 0 Å². The predicted molar refractivity (Wildman–Crippen MR) is 70.2 cm³/mol. The maximum absolute atomic E-state index is 13.6. The molecule has 2 aromatic rings. The van der Waals surface area contributed by atoms with Crippen LogP contribution in [0, 0.1) is 11.6 Å². The zero-order chi connectivity index (χ0) is 13.8. The fourth-order valence-corrected chi connectivity index (χ4v) is 2.11. The molecule has 0 amide bonds. The minimum Gasteiger partial charge on any atom is -0.448 e. The highest BCUT2D eigenvalue weighted by Crippen LogP contribution is 2.24. The Hall–Kier alpha value is -1.39. The van der Waals surface area contributed by atoms with Gasteiger partial charge in [0.2, 0.25) is 0 Å². The zero-order valence-electron chi connectivity index (χ0n) is 10.4. The molecule has 2 rings (SSSR count). The lowest BCUT2D eigenvalue weighted by atomic mass is 10.0. The highest BCUT2D eigenvalue weighted by atomic mass is 35.5. The van der Waals surface area contributed by atoms with Crippen LogP contribution in [-0.2, 0) is 6.42 Å². The van der Waals surface area contributed by atoms with E-state index in [1.807, 2.05) is 6.92 Å². The molecule has 102 valence electrons. The quantitative estimate of drug-likeness (QED) is 0.894. The Morgan fingerprint density at radius 2 is 2.05 bits per heavy atom. The standard InChI is InChI=1S/C14H14ClF2NO/c1-2-18-12(13-5-6-14(15)19-13)8-9-7-10(16)3-4-11(9)17/h3-7,12,18H,2,8H2,1H3. The van der Waals surface area contributed by atoms with Crippen molar-refractivity contribution in [3.05, 3.63) is 58.5 Å². The van der Waals surface area contributed by atoms with E-state index in [9.17, 15) is 8.78 Å². The van der Waals surface area contributed by atoms with Crippen molar-refractivity contribution in [1.29, 1.82) is 0 Å². The number of hydrogen-bond donors (Lipinski definition) is 1. The van der Waals surface area contributed by atoms with Gasteiger partial charge in [-0.05, 0) is 60.5 Å². The van der Waals surface area contributed by atoms with Crippen molar-refractivity contribution in [3.63, 3.8) is 0 Å². The molecule has 0 radical (unpaired) electrons. The Labute approximate surface area is 115 Å². The molecule has 2 nitrogen and oxygen atoms in total. The smallest absolute Gasteiger partial charge is 0.193 e. The van der Waals surface area contributed by atoms with Gasteiger partial charge in [-0.2, -0.15) is 0 Å². The van der Waals surface area contributed by atoms with Crippen LogP contribution in [0.1, 0.15) is 24.3 Å². The third-order valence-corrected chi connectivity index (χ3v) is 3.02. The summed E-state index contributed by atoms with van der Waals surface area (Å²) in [7, 11) is 0. The summed E-state index contributed by atoms with van der Waals surface area (Å²) in [6.45, 7) is 2.61. The fourth-order valence-electron chi connectivity index (χ4n) is 1.95. The second kappa shape index (κ2) is 6.17. The molecule has 0 spiro atoms. The normalized spacial score (nSPS) is 12.6. The van der Waals surface area contributed by atoms with Crippen molar-refractivity contribution in [2.45, 2.75) is 19.4 Å². The molecule has 0 saturated carbocycles. The third-order valence-electron chi connectivity index (χ3n) is 2.82. The second-order valence-corrected chi connectivity index (χ2v) is 4.56. The Bertz CT molecular complexity index is 556. The van der Waals surface area contributed by atoms with Crippen LogP contribution >= 0.6 is 11.6 Å². The lowest BCUT2D eigenvalue weighted by Gasteiger charge is -2.16. The number of rotatable bonds is 5. The van der Waals surface area contributed by atoms with Crippen LogP contribution in [0.5, 0.6) is 0 Å². The molecule has 1 N–H and O–H groups in total. The van der Waals surface area contributed by atoms with Gasteiger partial charge in [0.1, 0.15) is 17.4 Å². The van der Waals surface area contributed by atoms with E-state index in [-0.39, 0.29) is 11.3 Å². The van der Waals surface area contributed by atoms with Gasteiger partial charge in [0.25, 0.3) is 0 Å². The van der Waals surface area contributed by atoms with Crippen molar-refractivity contribution in [2.75, 3.05) is 6.54 Å². The summed E-state index contributed by atoms with van der Waals surface area (Å²) in [6, 6.07) is 6.54. The first-order valence-corrected chi connectivity index (χ1v) is 6.40. The number of likely N-dealkylation sites (N-methyl/N-ethyl adjacent to an activating group) is 1. The monoisotopic (exact) mass is 285 g/mol. The number of hydrogen-bond acceptors (Lipinski definition) is 2. The average molecular weight is 286 g/mol. The summed E-state index contributed by atoms with van der Waals surface area (Å²) in [5, 5.41) is 3.44. The van der Waals surface area contributed by atoms with Crippen molar-refractivity contribution in [3.8, 4) is 0 Å². The molecule has 19 heavy (non-hydrogen) atoms. The predicted octanol–water partition coefficient (Wildman–Crippen LogP) is 4.10. The first-order valence-electron chi connectivity index (χ1n) is 6.02. The van der Waals surface area contributed by atoms with Gasteiger partial charge in [0.15, 0.2) is 5.22 Å². The van der Waals surface area contributed by atoms with Crippen LogP contribution in [-0.4, -0.2) is 6.54 Å². The maximum atomic E-state index is 13.6. The number of nitrogens with one attached hydrogen (secondary N) is 1. The van der Waals surface area contributed by atoms with Crippen molar-refractivity contribution >= 4 is 11.6 Å². The molecule has 1 atom stereocenters. The number of benzene rings is 1. The Morgan fingerprint density at radius 3 is 2.68 bits per heavy atom. The number of halogens is 3. The first-order chi connectivity index (χ1) is 9.10. The molecule has 0 aliphatic heterocycles. The minimum atomic E-state index is -0.455. The molecular weight excluding hydrogens is 272 g/mol. The first kappa shape index (κ1) is 14.0. The molecule has 1 unspecified atom stereocenters. The molecule has 1 aromatic carbocycles. The van der Waals surface area contributed by atoms with Gasteiger partial charge in [-0.15, -0.1) is 0 Å². The highest BCUT2D eigenvalue weighted by Gasteiger charge is 2.17. The van der Waals surface area contributed by atoms with Gasteiger partial charge >= 0.3 is 0 Å². The summed E-state index contributed by atoms with van der Waals surface area (Å²) < 4.78 is 32.1. The second-order valence-electron chi connectivity index (χ2n) is 4.19. The molecule has 1 heterocycles. The Morgan fingerprint density at radius 1 is 1.26 bits per heavy atom. The largest absolute Gasteiger partial charge is 0.448 e. The van der Waals surface area contributed by atoms with Gasteiger partial charge in [-0.3, -0.25) is 0 Å². The van der Waals surface area contributed by atoms with E-state index in [0.717, 1.165) is 12.1 Å². The average Bonchev–Trinajstić information content (AvgIpc) is 2.80. The highest BCUT2D eigenvalue weighted by molar-refractivity contribution is 6.28. The molecule has 0 fully saturated rings. The lowest BCUT2D eigenvalue weighted by Crippen LogP contribution is -2.23. The van der Waals surface area contributed by atoms with E-state index in [0.29, 0.717) is 24.3 Å². The van der Waals surface area contributed by atoms with Crippen molar-refractivity contribution in [2.24, 2.45) is 0 Å². The van der Waals surface area contributed by atoms with Crippen LogP contribution in [0.15, 0.2) is 34.7 Å². The van der Waals surface area contributed by atoms with Crippen LogP contribution in [0.25, 0.3) is 0 Å². The summed E-state index contributed by atoms with van der Waals surface area (Å²) in [4.78, 5) is 0. The fraction of sp³-hybridized carbons (Fsp3) is 0.286. The SMILES string of the molecule is CCNC(Cc1cc(F)ccc1F)c1ccc(Cl)o1. The van der Waals surface area contributed by atoms with Crippen molar-refractivity contribution in [1.82, 2.24) is 5.32 Å². The van der Waals surface area contributed by atoms with E-state index >= 15 is 0 Å². The minimum absolute atomic E-state index is 0.242. The van der Waals surface area contributed by atoms with E-state index < -0.39 is 11.6 Å². The molecule has 0 aliphatic rings. The Kier molecular flexibility index (Phi) is 4.56. The van der Waals surface area contributed by atoms with Crippen LogP contribution < -0.4 is 5.32 Å². The van der Waals surface area contributed by atoms with Crippen LogP contribution in [0.4, 0.5) is 8.78 Å². The summed E-state index contributed by atoms with van der Waals surface area (Å²) >= 11 is 5.74. The summed E-state index contributed by atoms with van der Waals surface area (Å²) in [6.07, 6.45) is 0.293. The Balaban J connectivity index is 2.23. The molecule has 0 aliphatic carbocycles. The van der Waals surface area contributed by atoms with Crippen LogP contribution in [0.3, 0.4) is 0 Å². The molecular formula is C14H14ClF2NO. The lowest BCUT2D eigenvalue weighted by molar-refractivity contribution is 0.412. The zero-order valence-corrected chi connectivity index (χ0v) is 11.2. The summed E-state index contributed by atoms with van der Waals surface area (Å²) in [5.74, 6) is -0.276. The topological polar surface area (TPSA) is 25.2 Å². The van der Waals surface area contributed by atoms with Crippen molar-refractivity contribution < 1.29 is 13.2 Å². The van der Waals surface area contributed by atoms with Gasteiger partial charge in [-0.25, -0.2) is 8.78 Å². The molecule has 5 heteroatoms. The van der Waals surface area contributed by atoms with Gasteiger partial charge in [-0.1, -0.05) is 6.92 Å². The van der Waals surface area contributed by atoms with E-state index in [2.05, 4.69) is 5.32 Å². The summed E-state index contributed by atoms with van der Waals surface area (Å²) in [5.41, 5.74) is 0.304. The third kappa shape index (κ3) is 3.55. The molecule has 0 saturated heterocycles. The number of furan rings is 1. The molecule has 1 aromatic heterocycles. The van der Waals surface area contributed by atoms with E-state index in [4.69, 9.17) is 16.0 Å². The van der Waals surface area contributed by atoms with E-state index in [1.165, 1.54) is 6.07 Å². The molecule has 0 bridgehead atoms. The maximum Gasteiger partial charge on any atom is 0.193 e. The van der Waals surface area contributed by atoms with Gasteiger partial charge < -0.3 is 9.73 Å². The van der Waals surface area contributed by atoms with Gasteiger partial charge in [0.05, 0.1) is 6.04 Å². The van der Waals surface area contributed by atoms with Crippen LogP contribution in [0.2, 0.25) is 5.22 Å². The van der Waals surface area contributed by atoms with E-state index in [1.54, 1.807) is 12.1 Å².